The van der Waals surface area contributed by atoms with Crippen LogP contribution in [-0.4, -0.2) is 22.9 Å². The Morgan fingerprint density at radius 1 is 0.917 bits per heavy atom. The molecule has 0 unspecified atom stereocenters. The van der Waals surface area contributed by atoms with Crippen molar-refractivity contribution in [3.05, 3.63) is 35.4 Å². The largest absolute Gasteiger partial charge is 0.386 e. The van der Waals surface area contributed by atoms with Crippen molar-refractivity contribution in [2.45, 2.75) is 0 Å². The summed E-state index contributed by atoms with van der Waals surface area (Å²) in [4.78, 5) is 21.7. The highest BCUT2D eigenvalue weighted by Gasteiger charge is 2.28. The van der Waals surface area contributed by atoms with E-state index < -0.39 is 11.9 Å². The van der Waals surface area contributed by atoms with Crippen molar-refractivity contribution >= 4 is 22.9 Å². The predicted molar refractivity (Wildman–Crippen MR) is 47.5 cm³/mol. The second kappa shape index (κ2) is 2.90. The van der Waals surface area contributed by atoms with E-state index in [1.807, 2.05) is 0 Å². The molecule has 0 atom stereocenters. The lowest BCUT2D eigenvalue weighted by Gasteiger charge is -1.86. The van der Waals surface area contributed by atoms with Gasteiger partial charge in [0.2, 0.25) is 0 Å². The van der Waals surface area contributed by atoms with Gasteiger partial charge in [0.1, 0.15) is 0 Å². The van der Waals surface area contributed by atoms with Gasteiger partial charge in [-0.1, -0.05) is 12.1 Å². The van der Waals surface area contributed by atoms with Gasteiger partial charge in [0.05, 0.1) is 11.1 Å². The zero-order valence-electron chi connectivity index (χ0n) is 5.53. The lowest BCUT2D eigenvalue weighted by molar-refractivity contribution is 0.0444. The highest BCUT2D eigenvalue weighted by atomic mass is 28.1. The van der Waals surface area contributed by atoms with E-state index >= 15 is 0 Å². The maximum atomic E-state index is 10.8. The van der Waals surface area contributed by atoms with Crippen LogP contribution in [0.1, 0.15) is 20.7 Å². The van der Waals surface area contributed by atoms with Crippen molar-refractivity contribution in [3.63, 3.8) is 0 Å². The summed E-state index contributed by atoms with van der Waals surface area (Å²) >= 11 is 0. The van der Waals surface area contributed by atoms with Crippen molar-refractivity contribution in [3.8, 4) is 0 Å². The van der Waals surface area contributed by atoms with E-state index in [2.05, 4.69) is 4.74 Å². The average molecular weight is 180 g/mol. The minimum atomic E-state index is -0.550. The number of esters is 2. The Balaban J connectivity index is 0.000000720. The monoisotopic (exact) mass is 180 g/mol. The SMILES string of the molecule is O=C1OC(=O)c2ccccc21.[SiH4]. The van der Waals surface area contributed by atoms with E-state index in [4.69, 9.17) is 0 Å². The Kier molecular flexibility index (Phi) is 2.10. The van der Waals surface area contributed by atoms with Gasteiger partial charge >= 0.3 is 11.9 Å². The third kappa shape index (κ3) is 1.06. The van der Waals surface area contributed by atoms with Crippen LogP contribution in [0.5, 0.6) is 0 Å². The molecule has 1 aromatic rings. The third-order valence-electron chi connectivity index (χ3n) is 1.55. The first-order valence-electron chi connectivity index (χ1n) is 3.14. The second-order valence-corrected chi connectivity index (χ2v) is 2.22. The summed E-state index contributed by atoms with van der Waals surface area (Å²) in [6.45, 7) is 0. The number of carbonyl (C=O) groups excluding carboxylic acids is 2. The smallest absolute Gasteiger partial charge is 0.346 e. The number of cyclic esters (lactones) is 2. The number of ether oxygens (including phenoxy) is 1. The molecule has 0 saturated heterocycles. The molecule has 1 heterocycles. The molecule has 3 nitrogen and oxygen atoms in total. The Morgan fingerprint density at radius 3 is 1.75 bits per heavy atom. The number of benzene rings is 1. The molecule has 12 heavy (non-hydrogen) atoms. The van der Waals surface area contributed by atoms with Gasteiger partial charge in [-0.05, 0) is 23.1 Å². The zero-order valence-corrected chi connectivity index (χ0v) is 5.53. The molecule has 0 aromatic heterocycles. The minimum Gasteiger partial charge on any atom is -0.386 e. The van der Waals surface area contributed by atoms with Crippen LogP contribution in [0.4, 0.5) is 0 Å². The summed E-state index contributed by atoms with van der Waals surface area (Å²) in [6, 6.07) is 6.53. The molecule has 0 aliphatic carbocycles. The molecule has 0 N–H and O–H groups in total. The Bertz CT molecular complexity index is 313. The fourth-order valence-corrected chi connectivity index (χ4v) is 1.03. The summed E-state index contributed by atoms with van der Waals surface area (Å²) in [5.74, 6) is -1.10. The van der Waals surface area contributed by atoms with Crippen molar-refractivity contribution in [1.82, 2.24) is 0 Å². The van der Waals surface area contributed by atoms with E-state index in [0.717, 1.165) is 0 Å². The Hall–Kier alpha value is -1.42. The maximum absolute atomic E-state index is 10.8. The van der Waals surface area contributed by atoms with Gasteiger partial charge < -0.3 is 4.74 Å². The van der Waals surface area contributed by atoms with E-state index in [0.29, 0.717) is 11.1 Å². The molecule has 1 aromatic carbocycles. The number of fused-ring (bicyclic) bond motifs is 1. The van der Waals surface area contributed by atoms with Gasteiger partial charge in [0.25, 0.3) is 0 Å². The molecule has 0 fully saturated rings. The van der Waals surface area contributed by atoms with Gasteiger partial charge in [0.15, 0.2) is 0 Å². The van der Waals surface area contributed by atoms with Crippen molar-refractivity contribution < 1.29 is 14.3 Å². The van der Waals surface area contributed by atoms with Crippen LogP contribution in [0, 0.1) is 0 Å². The first-order chi connectivity index (χ1) is 5.29. The molecule has 2 rings (SSSR count). The molecular formula is C8H8O3Si. The molecule has 1 aliphatic rings. The van der Waals surface area contributed by atoms with Crippen molar-refractivity contribution in [1.29, 1.82) is 0 Å². The number of rotatable bonds is 0. The highest BCUT2D eigenvalue weighted by molar-refractivity contribution is 6.14. The zero-order chi connectivity index (χ0) is 7.84. The quantitative estimate of drug-likeness (QED) is 0.308. The normalized spacial score (nSPS) is 13.3. The average Bonchev–Trinajstić information content (AvgIpc) is 2.30. The van der Waals surface area contributed by atoms with Crippen LogP contribution in [0.2, 0.25) is 0 Å². The van der Waals surface area contributed by atoms with Crippen LogP contribution in [-0.2, 0) is 4.74 Å². The van der Waals surface area contributed by atoms with Crippen LogP contribution in [0.25, 0.3) is 0 Å². The molecule has 62 valence electrons. The summed E-state index contributed by atoms with van der Waals surface area (Å²) < 4.78 is 4.35. The summed E-state index contributed by atoms with van der Waals surface area (Å²) in [6.07, 6.45) is 0. The molecular weight excluding hydrogens is 172 g/mol. The lowest BCUT2D eigenvalue weighted by atomic mass is 10.1. The summed E-state index contributed by atoms with van der Waals surface area (Å²) in [7, 11) is 0. The van der Waals surface area contributed by atoms with Crippen LogP contribution in [0.3, 0.4) is 0 Å². The van der Waals surface area contributed by atoms with Crippen molar-refractivity contribution in [2.24, 2.45) is 0 Å². The van der Waals surface area contributed by atoms with E-state index in [9.17, 15) is 9.59 Å². The van der Waals surface area contributed by atoms with Gasteiger partial charge in [0, 0.05) is 0 Å². The fourth-order valence-electron chi connectivity index (χ4n) is 1.03. The standard InChI is InChI=1S/C8H4O3.H4Si/c9-7-5-3-1-2-4-6(5)8(10)11-7;/h1-4H;1H4. The van der Waals surface area contributed by atoms with Gasteiger partial charge in [-0.25, -0.2) is 9.59 Å². The van der Waals surface area contributed by atoms with E-state index in [1.165, 1.54) is 0 Å². The Labute approximate surface area is 73.4 Å². The van der Waals surface area contributed by atoms with Gasteiger partial charge in [-0.3, -0.25) is 0 Å². The lowest BCUT2D eigenvalue weighted by Crippen LogP contribution is -1.96. The third-order valence-corrected chi connectivity index (χ3v) is 1.55. The second-order valence-electron chi connectivity index (χ2n) is 2.22. The molecule has 4 heteroatoms. The first kappa shape index (κ1) is 8.67. The van der Waals surface area contributed by atoms with E-state index in [1.54, 1.807) is 24.3 Å². The van der Waals surface area contributed by atoms with Crippen molar-refractivity contribution in [2.75, 3.05) is 0 Å². The predicted octanol–water partition coefficient (Wildman–Crippen LogP) is -0.454. The highest BCUT2D eigenvalue weighted by Crippen LogP contribution is 2.18. The minimum absolute atomic E-state index is 0. The first-order valence-corrected chi connectivity index (χ1v) is 3.14. The van der Waals surface area contributed by atoms with Gasteiger partial charge in [-0.2, -0.15) is 0 Å². The van der Waals surface area contributed by atoms with Crippen LogP contribution in [0.15, 0.2) is 24.3 Å². The number of hydrogen-bond donors (Lipinski definition) is 0. The summed E-state index contributed by atoms with van der Waals surface area (Å²) in [5, 5.41) is 0. The molecule has 1 aliphatic heterocycles. The van der Waals surface area contributed by atoms with Crippen LogP contribution < -0.4 is 0 Å². The van der Waals surface area contributed by atoms with E-state index in [-0.39, 0.29) is 11.0 Å². The topological polar surface area (TPSA) is 43.4 Å². The molecule has 0 saturated carbocycles. The van der Waals surface area contributed by atoms with Crippen LogP contribution >= 0.6 is 0 Å². The molecule has 0 bridgehead atoms. The Morgan fingerprint density at radius 2 is 1.33 bits per heavy atom. The summed E-state index contributed by atoms with van der Waals surface area (Å²) in [5.41, 5.74) is 0.718. The number of carbonyl (C=O) groups is 2. The maximum Gasteiger partial charge on any atom is 0.346 e. The molecule has 0 radical (unpaired) electrons. The molecule has 0 amide bonds. The number of hydrogen-bond acceptors (Lipinski definition) is 3. The molecule has 0 spiro atoms. The fraction of sp³-hybridized carbons (Fsp3) is 0. The van der Waals surface area contributed by atoms with Gasteiger partial charge in [-0.15, -0.1) is 0 Å².